The van der Waals surface area contributed by atoms with Gasteiger partial charge in [0.2, 0.25) is 0 Å². The molecular formula is C18H30N8O. The number of nitrogens with zero attached hydrogens (tertiary/aromatic N) is 3. The molecule has 0 saturated heterocycles. The molecule has 148 valence electrons. The summed E-state index contributed by atoms with van der Waals surface area (Å²) in [5.41, 5.74) is 11.6. The number of nitrogens with two attached hydrogens (primary N) is 2. The summed E-state index contributed by atoms with van der Waals surface area (Å²) in [6.45, 7) is 4.74. The van der Waals surface area contributed by atoms with E-state index in [4.69, 9.17) is 11.5 Å². The Kier molecular flexibility index (Phi) is 13.2. The number of nitrogens with one attached hydrogen (secondary N) is 3. The zero-order valence-electron chi connectivity index (χ0n) is 15.6. The van der Waals surface area contributed by atoms with Crippen LogP contribution in [0.25, 0.3) is 0 Å². The van der Waals surface area contributed by atoms with Gasteiger partial charge in [0.15, 0.2) is 6.29 Å². The van der Waals surface area contributed by atoms with Crippen LogP contribution in [-0.2, 0) is 11.3 Å². The largest absolute Gasteiger partial charge is 0.348 e. The lowest BCUT2D eigenvalue weighted by atomic mass is 10.3. The van der Waals surface area contributed by atoms with Crippen LogP contribution in [0.5, 0.6) is 0 Å². The molecule has 0 spiro atoms. The van der Waals surface area contributed by atoms with Gasteiger partial charge < -0.3 is 27.1 Å². The highest BCUT2D eigenvalue weighted by atomic mass is 16.1. The maximum atomic E-state index is 9.84. The highest BCUT2D eigenvalue weighted by Gasteiger charge is 1.99. The molecule has 0 bridgehead atoms. The standard InChI is InChI=1S/C11H17N5.C5H5NO.C2H8N2/c1-2-10(14-3-1)8-12-4-5-13-9-11-15-6-7-16-11;7-4-5-2-1-3-6-5;3-1-2-4/h1,3,6-7,12-13H,2,4-5,8-9H2,(H,15,16);1,3-4H,2H2;1-4H2. The molecule has 0 fully saturated rings. The van der Waals surface area contributed by atoms with Crippen LogP contribution in [0.1, 0.15) is 18.7 Å². The third-order valence-electron chi connectivity index (χ3n) is 3.35. The second-order valence-electron chi connectivity index (χ2n) is 5.58. The second kappa shape index (κ2) is 15.8. The van der Waals surface area contributed by atoms with Gasteiger partial charge >= 0.3 is 0 Å². The minimum absolute atomic E-state index is 0.597. The molecule has 9 nitrogen and oxygen atoms in total. The molecular weight excluding hydrogens is 344 g/mol. The summed E-state index contributed by atoms with van der Waals surface area (Å²) in [5.74, 6) is 0.976. The molecule has 1 aromatic heterocycles. The number of allylic oxidation sites excluding steroid dienone is 2. The van der Waals surface area contributed by atoms with Gasteiger partial charge in [0.1, 0.15) is 5.82 Å². The number of H-pyrrole nitrogens is 1. The Labute approximate surface area is 160 Å². The van der Waals surface area contributed by atoms with E-state index >= 15 is 0 Å². The van der Waals surface area contributed by atoms with Gasteiger partial charge in [-0.1, -0.05) is 12.2 Å². The van der Waals surface area contributed by atoms with Crippen molar-refractivity contribution in [3.05, 3.63) is 42.8 Å². The van der Waals surface area contributed by atoms with Crippen molar-refractivity contribution in [1.29, 1.82) is 0 Å². The summed E-state index contributed by atoms with van der Waals surface area (Å²) in [6.07, 6.45) is 13.5. The minimum Gasteiger partial charge on any atom is -0.348 e. The Balaban J connectivity index is 0.000000273. The van der Waals surface area contributed by atoms with Gasteiger partial charge in [-0.15, -0.1) is 0 Å². The Morgan fingerprint density at radius 3 is 2.22 bits per heavy atom. The van der Waals surface area contributed by atoms with Gasteiger partial charge in [0.25, 0.3) is 0 Å². The number of imidazole rings is 1. The summed E-state index contributed by atoms with van der Waals surface area (Å²) < 4.78 is 0. The average Bonchev–Trinajstić information content (AvgIpc) is 3.48. The van der Waals surface area contributed by atoms with Crippen molar-refractivity contribution in [1.82, 2.24) is 20.6 Å². The van der Waals surface area contributed by atoms with Crippen molar-refractivity contribution in [3.8, 4) is 0 Å². The average molecular weight is 374 g/mol. The molecule has 0 radical (unpaired) electrons. The summed E-state index contributed by atoms with van der Waals surface area (Å²) in [5, 5.41) is 6.64. The van der Waals surface area contributed by atoms with Gasteiger partial charge in [-0.05, 0) is 0 Å². The van der Waals surface area contributed by atoms with Crippen molar-refractivity contribution >= 4 is 17.7 Å². The van der Waals surface area contributed by atoms with Crippen LogP contribution in [0.4, 0.5) is 0 Å². The Morgan fingerprint density at radius 2 is 1.74 bits per heavy atom. The number of aliphatic imine (C=N–C) groups is 2. The van der Waals surface area contributed by atoms with E-state index in [9.17, 15) is 4.79 Å². The first kappa shape index (κ1) is 22.6. The Morgan fingerprint density at radius 1 is 1.04 bits per heavy atom. The monoisotopic (exact) mass is 374 g/mol. The summed E-state index contributed by atoms with van der Waals surface area (Å²) in [6, 6.07) is 0. The van der Waals surface area contributed by atoms with E-state index in [0.29, 0.717) is 25.2 Å². The van der Waals surface area contributed by atoms with E-state index in [1.54, 1.807) is 12.4 Å². The van der Waals surface area contributed by atoms with Crippen molar-refractivity contribution in [2.75, 3.05) is 32.7 Å². The van der Waals surface area contributed by atoms with E-state index < -0.39 is 0 Å². The lowest BCUT2D eigenvalue weighted by molar-refractivity contribution is -0.102. The molecule has 3 heterocycles. The van der Waals surface area contributed by atoms with E-state index in [-0.39, 0.29) is 0 Å². The van der Waals surface area contributed by atoms with E-state index in [1.165, 1.54) is 5.71 Å². The van der Waals surface area contributed by atoms with Crippen LogP contribution in [-0.4, -0.2) is 60.4 Å². The highest BCUT2D eigenvalue weighted by Crippen LogP contribution is 1.97. The van der Waals surface area contributed by atoms with Crippen LogP contribution in [0, 0.1) is 0 Å². The molecule has 7 N–H and O–H groups in total. The number of aromatic nitrogens is 2. The molecule has 9 heteroatoms. The quantitative estimate of drug-likeness (QED) is 0.301. The maximum absolute atomic E-state index is 9.84. The maximum Gasteiger partial charge on any atom is 0.164 e. The van der Waals surface area contributed by atoms with Crippen LogP contribution >= 0.6 is 0 Å². The first-order chi connectivity index (χ1) is 13.3. The SMILES string of the molecule is C1=CN=C(CNCCNCc2ncc[nH]2)C1.NCCN.O=CC1=NC=CC1. The number of hydrogen-bond acceptors (Lipinski definition) is 8. The van der Waals surface area contributed by atoms with Gasteiger partial charge in [-0.2, -0.15) is 0 Å². The van der Waals surface area contributed by atoms with Crippen molar-refractivity contribution in [2.45, 2.75) is 19.4 Å². The molecule has 1 aromatic rings. The fourth-order valence-electron chi connectivity index (χ4n) is 1.98. The molecule has 0 amide bonds. The fourth-order valence-corrected chi connectivity index (χ4v) is 1.98. The Hall–Kier alpha value is -2.46. The molecule has 3 rings (SSSR count). The third kappa shape index (κ3) is 11.7. The normalized spacial score (nSPS) is 14.0. The van der Waals surface area contributed by atoms with Crippen LogP contribution in [0.15, 0.2) is 46.9 Å². The molecule has 0 saturated carbocycles. The zero-order valence-corrected chi connectivity index (χ0v) is 15.6. The predicted octanol–water partition coefficient (Wildman–Crippen LogP) is -0.105. The number of aromatic amines is 1. The van der Waals surface area contributed by atoms with Crippen molar-refractivity contribution in [2.24, 2.45) is 21.5 Å². The lowest BCUT2D eigenvalue weighted by Gasteiger charge is -2.05. The molecule has 0 aliphatic carbocycles. The number of hydrogen-bond donors (Lipinski definition) is 5. The third-order valence-corrected chi connectivity index (χ3v) is 3.35. The van der Waals surface area contributed by atoms with Crippen molar-refractivity contribution in [3.63, 3.8) is 0 Å². The second-order valence-corrected chi connectivity index (χ2v) is 5.58. The molecule has 0 unspecified atom stereocenters. The fraction of sp³-hybridized carbons (Fsp3) is 0.444. The molecule has 2 aliphatic heterocycles. The van der Waals surface area contributed by atoms with E-state index in [0.717, 1.165) is 44.7 Å². The minimum atomic E-state index is 0.597. The predicted molar refractivity (Wildman–Crippen MR) is 110 cm³/mol. The van der Waals surface area contributed by atoms with Gasteiger partial charge in [0.05, 0.1) is 12.3 Å². The topological polar surface area (TPSA) is 147 Å². The number of aldehydes is 1. The van der Waals surface area contributed by atoms with Gasteiger partial charge in [0, 0.05) is 76.1 Å². The summed E-state index contributed by atoms with van der Waals surface area (Å²) in [7, 11) is 0. The van der Waals surface area contributed by atoms with Crippen LogP contribution < -0.4 is 22.1 Å². The first-order valence-electron chi connectivity index (χ1n) is 8.97. The van der Waals surface area contributed by atoms with Crippen LogP contribution in [0.3, 0.4) is 0 Å². The highest BCUT2D eigenvalue weighted by molar-refractivity contribution is 6.29. The first-order valence-corrected chi connectivity index (χ1v) is 8.97. The molecule has 27 heavy (non-hydrogen) atoms. The Bertz CT molecular complexity index is 617. The van der Waals surface area contributed by atoms with E-state index in [2.05, 4.69) is 36.7 Å². The van der Waals surface area contributed by atoms with Gasteiger partial charge in [-0.3, -0.25) is 14.8 Å². The van der Waals surface area contributed by atoms with Gasteiger partial charge in [-0.25, -0.2) is 4.98 Å². The summed E-state index contributed by atoms with van der Waals surface area (Å²) >= 11 is 0. The van der Waals surface area contributed by atoms with Crippen molar-refractivity contribution < 1.29 is 4.79 Å². The number of rotatable bonds is 9. The smallest absolute Gasteiger partial charge is 0.164 e. The number of carbonyl (C=O) groups is 1. The molecule has 0 aromatic carbocycles. The van der Waals surface area contributed by atoms with Crippen LogP contribution in [0.2, 0.25) is 0 Å². The number of carbonyl (C=O) groups excluding carboxylic acids is 1. The molecule has 0 atom stereocenters. The van der Waals surface area contributed by atoms with E-state index in [1.807, 2.05) is 18.5 Å². The lowest BCUT2D eigenvalue weighted by Crippen LogP contribution is -2.30. The zero-order chi connectivity index (χ0) is 19.6. The molecule has 2 aliphatic rings. The summed E-state index contributed by atoms with van der Waals surface area (Å²) in [4.78, 5) is 25.0.